The summed E-state index contributed by atoms with van der Waals surface area (Å²) in [6.07, 6.45) is 1.61. The van der Waals surface area contributed by atoms with Crippen LogP contribution in [0.4, 0.5) is 0 Å². The largest absolute Gasteiger partial charge is 0.496 e. The van der Waals surface area contributed by atoms with Gasteiger partial charge in [-0.25, -0.2) is 0 Å². The average Bonchev–Trinajstić information content (AvgIpc) is 2.62. The number of hydrogen-bond donors (Lipinski definition) is 1. The van der Waals surface area contributed by atoms with E-state index in [0.717, 1.165) is 22.4 Å². The molecule has 4 nitrogen and oxygen atoms in total. The Bertz CT molecular complexity index is 695. The minimum Gasteiger partial charge on any atom is -0.496 e. The first-order valence-corrected chi connectivity index (χ1v) is 7.91. The predicted octanol–water partition coefficient (Wildman–Crippen LogP) is 3.12. The van der Waals surface area contributed by atoms with Crippen LogP contribution >= 0.6 is 0 Å². The van der Waals surface area contributed by atoms with Crippen LogP contribution in [0, 0.1) is 0 Å². The summed E-state index contributed by atoms with van der Waals surface area (Å²) < 4.78 is 5.34. The molecule has 2 aromatic carbocycles. The molecule has 4 heteroatoms. The number of para-hydroxylation sites is 1. The van der Waals surface area contributed by atoms with Crippen LogP contribution in [0.3, 0.4) is 0 Å². The number of rotatable bonds is 7. The number of aliphatic hydroxyl groups is 1. The minimum absolute atomic E-state index is 0.0842. The summed E-state index contributed by atoms with van der Waals surface area (Å²) in [7, 11) is 1.61. The molecular weight excluding hydrogens is 302 g/mol. The first kappa shape index (κ1) is 17.8. The van der Waals surface area contributed by atoms with E-state index in [1.165, 1.54) is 0 Å². The van der Waals surface area contributed by atoms with E-state index in [-0.39, 0.29) is 19.1 Å². The van der Waals surface area contributed by atoms with Gasteiger partial charge in [-0.05, 0) is 24.1 Å². The Kier molecular flexibility index (Phi) is 6.58. The van der Waals surface area contributed by atoms with E-state index in [9.17, 15) is 9.90 Å². The fraction of sp³-hybridized carbons (Fsp3) is 0.250. The number of aliphatic hydroxyl groups excluding tert-OH is 1. The molecule has 0 aliphatic carbocycles. The summed E-state index contributed by atoms with van der Waals surface area (Å²) in [6, 6.07) is 17.3. The highest BCUT2D eigenvalue weighted by Crippen LogP contribution is 2.20. The maximum atomic E-state index is 12.6. The Labute approximate surface area is 143 Å². The van der Waals surface area contributed by atoms with Crippen LogP contribution in [0.5, 0.6) is 5.75 Å². The Morgan fingerprint density at radius 1 is 1.12 bits per heavy atom. The van der Waals surface area contributed by atoms with Crippen molar-refractivity contribution in [1.82, 2.24) is 4.90 Å². The second kappa shape index (κ2) is 8.89. The third-order valence-corrected chi connectivity index (χ3v) is 3.80. The Balaban J connectivity index is 2.19. The van der Waals surface area contributed by atoms with Crippen molar-refractivity contribution in [2.45, 2.75) is 13.5 Å². The lowest BCUT2D eigenvalue weighted by Crippen LogP contribution is -2.32. The second-order valence-corrected chi connectivity index (χ2v) is 5.49. The van der Waals surface area contributed by atoms with Crippen molar-refractivity contribution in [2.75, 3.05) is 20.3 Å². The van der Waals surface area contributed by atoms with E-state index in [0.29, 0.717) is 6.54 Å². The molecule has 0 aliphatic rings. The molecule has 0 aliphatic heterocycles. The second-order valence-electron chi connectivity index (χ2n) is 5.49. The fourth-order valence-corrected chi connectivity index (χ4v) is 2.49. The van der Waals surface area contributed by atoms with E-state index in [4.69, 9.17) is 4.74 Å². The Hall–Kier alpha value is -2.59. The summed E-state index contributed by atoms with van der Waals surface area (Å²) in [4.78, 5) is 14.2. The van der Waals surface area contributed by atoms with Crippen LogP contribution in [0.2, 0.25) is 0 Å². The van der Waals surface area contributed by atoms with Crippen LogP contribution in [-0.2, 0) is 11.3 Å². The van der Waals surface area contributed by atoms with E-state index < -0.39 is 0 Å². The lowest BCUT2D eigenvalue weighted by molar-refractivity contribution is -0.127. The predicted molar refractivity (Wildman–Crippen MR) is 95.6 cm³/mol. The number of allylic oxidation sites excluding steroid dienone is 1. The van der Waals surface area contributed by atoms with Crippen LogP contribution in [0.25, 0.3) is 5.57 Å². The molecule has 0 bridgehead atoms. The topological polar surface area (TPSA) is 49.8 Å². The van der Waals surface area contributed by atoms with Crippen molar-refractivity contribution in [3.63, 3.8) is 0 Å². The van der Waals surface area contributed by atoms with Gasteiger partial charge in [-0.3, -0.25) is 4.79 Å². The van der Waals surface area contributed by atoms with Crippen LogP contribution in [0.1, 0.15) is 18.1 Å². The molecule has 0 saturated heterocycles. The minimum atomic E-state index is -0.128. The summed E-state index contributed by atoms with van der Waals surface area (Å²) in [5.41, 5.74) is 2.81. The molecule has 0 spiro atoms. The van der Waals surface area contributed by atoms with Crippen molar-refractivity contribution in [3.05, 3.63) is 71.8 Å². The number of ether oxygens (including phenoxy) is 1. The van der Waals surface area contributed by atoms with Gasteiger partial charge in [0.05, 0.1) is 13.7 Å². The normalized spacial score (nSPS) is 11.2. The molecule has 0 saturated carbocycles. The van der Waals surface area contributed by atoms with Crippen molar-refractivity contribution in [3.8, 4) is 5.75 Å². The number of carbonyl (C=O) groups is 1. The molecule has 1 N–H and O–H groups in total. The third kappa shape index (κ3) is 4.70. The van der Waals surface area contributed by atoms with Crippen LogP contribution in [0.15, 0.2) is 60.7 Å². The van der Waals surface area contributed by atoms with Crippen molar-refractivity contribution >= 4 is 11.5 Å². The van der Waals surface area contributed by atoms with Gasteiger partial charge < -0.3 is 14.7 Å². The zero-order chi connectivity index (χ0) is 17.4. The molecule has 0 aromatic heterocycles. The number of carbonyl (C=O) groups excluding carboxylic acids is 1. The van der Waals surface area contributed by atoms with E-state index in [1.54, 1.807) is 18.1 Å². The zero-order valence-electron chi connectivity index (χ0n) is 14.1. The summed E-state index contributed by atoms with van der Waals surface area (Å²) >= 11 is 0. The molecule has 0 heterocycles. The number of nitrogens with zero attached hydrogens (tertiary/aromatic N) is 1. The number of hydrogen-bond acceptors (Lipinski definition) is 3. The number of benzene rings is 2. The third-order valence-electron chi connectivity index (χ3n) is 3.80. The zero-order valence-corrected chi connectivity index (χ0v) is 14.1. The molecule has 1 amide bonds. The molecule has 126 valence electrons. The Morgan fingerprint density at radius 2 is 1.79 bits per heavy atom. The van der Waals surface area contributed by atoms with Gasteiger partial charge in [0.15, 0.2) is 0 Å². The smallest absolute Gasteiger partial charge is 0.247 e. The molecule has 0 unspecified atom stereocenters. The SMILES string of the molecule is COc1ccccc1CN(CCO)C(=O)/C=C(/C)c1ccccc1. The van der Waals surface area contributed by atoms with Gasteiger partial charge in [0.1, 0.15) is 5.75 Å². The van der Waals surface area contributed by atoms with Gasteiger partial charge in [-0.2, -0.15) is 0 Å². The van der Waals surface area contributed by atoms with Gasteiger partial charge in [-0.15, -0.1) is 0 Å². The average molecular weight is 325 g/mol. The highest BCUT2D eigenvalue weighted by atomic mass is 16.5. The first-order valence-electron chi connectivity index (χ1n) is 7.91. The van der Waals surface area contributed by atoms with Crippen molar-refractivity contribution in [2.24, 2.45) is 0 Å². The summed E-state index contributed by atoms with van der Waals surface area (Å²) in [5, 5.41) is 9.30. The maximum absolute atomic E-state index is 12.6. The lowest BCUT2D eigenvalue weighted by atomic mass is 10.1. The van der Waals surface area contributed by atoms with Crippen LogP contribution in [-0.4, -0.2) is 36.2 Å². The lowest BCUT2D eigenvalue weighted by Gasteiger charge is -2.22. The monoisotopic (exact) mass is 325 g/mol. The van der Waals surface area contributed by atoms with Gasteiger partial charge >= 0.3 is 0 Å². The molecule has 2 rings (SSSR count). The van der Waals surface area contributed by atoms with E-state index in [2.05, 4.69) is 0 Å². The number of amides is 1. The van der Waals surface area contributed by atoms with Gasteiger partial charge in [0.2, 0.25) is 5.91 Å². The Morgan fingerprint density at radius 3 is 2.46 bits per heavy atom. The first-order chi connectivity index (χ1) is 11.7. The van der Waals surface area contributed by atoms with Crippen LogP contribution < -0.4 is 4.74 Å². The fourth-order valence-electron chi connectivity index (χ4n) is 2.49. The van der Waals surface area contributed by atoms with Gasteiger partial charge in [0.25, 0.3) is 0 Å². The van der Waals surface area contributed by atoms with Gasteiger partial charge in [0, 0.05) is 24.7 Å². The molecule has 0 fully saturated rings. The molecule has 24 heavy (non-hydrogen) atoms. The van der Waals surface area contributed by atoms with E-state index >= 15 is 0 Å². The summed E-state index contributed by atoms with van der Waals surface area (Å²) in [5.74, 6) is 0.605. The van der Waals surface area contributed by atoms with Crippen molar-refractivity contribution in [1.29, 1.82) is 0 Å². The molecule has 2 aromatic rings. The molecular formula is C20H23NO3. The van der Waals surface area contributed by atoms with Gasteiger partial charge in [-0.1, -0.05) is 48.5 Å². The number of methoxy groups -OCH3 is 1. The maximum Gasteiger partial charge on any atom is 0.247 e. The van der Waals surface area contributed by atoms with E-state index in [1.807, 2.05) is 61.5 Å². The highest BCUT2D eigenvalue weighted by Gasteiger charge is 2.14. The standard InChI is InChI=1S/C20H23NO3/c1-16(17-8-4-3-5-9-17)14-20(23)21(12-13-22)15-18-10-6-7-11-19(18)24-2/h3-11,14,22H,12-13,15H2,1-2H3/b16-14-. The summed E-state index contributed by atoms with van der Waals surface area (Å²) in [6.45, 7) is 2.49. The molecule has 0 atom stereocenters. The highest BCUT2D eigenvalue weighted by molar-refractivity contribution is 5.94. The molecule has 0 radical (unpaired) electrons. The van der Waals surface area contributed by atoms with Crippen molar-refractivity contribution < 1.29 is 14.6 Å². The quantitative estimate of drug-likeness (QED) is 0.796.